The molecule has 1 aromatic heterocycles. The van der Waals surface area contributed by atoms with Crippen LogP contribution < -0.4 is 10.6 Å². The summed E-state index contributed by atoms with van der Waals surface area (Å²) in [6, 6.07) is 4.55. The van der Waals surface area contributed by atoms with E-state index in [2.05, 4.69) is 9.88 Å². The highest BCUT2D eigenvalue weighted by Crippen LogP contribution is 2.28. The topological polar surface area (TPSA) is 42.1 Å². The summed E-state index contributed by atoms with van der Waals surface area (Å²) in [5.74, 6) is 1.03. The van der Waals surface area contributed by atoms with E-state index < -0.39 is 0 Å². The summed E-state index contributed by atoms with van der Waals surface area (Å²) >= 11 is 5.85. The summed E-state index contributed by atoms with van der Waals surface area (Å²) in [7, 11) is 0. The molecule has 1 fully saturated rings. The van der Waals surface area contributed by atoms with Gasteiger partial charge in [-0.3, -0.25) is 0 Å². The molecule has 0 unspecified atom stereocenters. The predicted molar refractivity (Wildman–Crippen MR) is 67.9 cm³/mol. The number of aromatic nitrogens is 1. The average Bonchev–Trinajstić information content (AvgIpc) is 2.23. The molecule has 0 saturated heterocycles. The Kier molecular flexibility index (Phi) is 4.02. The average molecular weight is 240 g/mol. The Hall–Kier alpha value is -0.800. The van der Waals surface area contributed by atoms with E-state index in [0.29, 0.717) is 11.1 Å². The first kappa shape index (κ1) is 11.7. The van der Waals surface area contributed by atoms with E-state index in [1.54, 1.807) is 6.20 Å². The minimum Gasteiger partial charge on any atom is -0.354 e. The first-order valence-corrected chi connectivity index (χ1v) is 6.27. The van der Waals surface area contributed by atoms with E-state index in [1.165, 1.54) is 19.3 Å². The summed E-state index contributed by atoms with van der Waals surface area (Å²) in [6.45, 7) is 1.73. The van der Waals surface area contributed by atoms with Crippen LogP contribution in [0.4, 0.5) is 5.82 Å². The lowest BCUT2D eigenvalue weighted by atomic mass is 9.91. The van der Waals surface area contributed by atoms with Crippen molar-refractivity contribution in [2.45, 2.75) is 31.7 Å². The first-order chi connectivity index (χ1) is 7.81. The molecule has 88 valence electrons. The third-order valence-electron chi connectivity index (χ3n) is 3.12. The number of halogens is 1. The van der Waals surface area contributed by atoms with E-state index in [0.717, 1.165) is 25.3 Å². The van der Waals surface area contributed by atoms with Crippen LogP contribution in [0.2, 0.25) is 5.02 Å². The molecular formula is C12H18ClN3. The van der Waals surface area contributed by atoms with Crippen LogP contribution in [0.1, 0.15) is 25.7 Å². The van der Waals surface area contributed by atoms with Crippen LogP contribution in [0.15, 0.2) is 18.3 Å². The second-order valence-electron chi connectivity index (χ2n) is 4.25. The van der Waals surface area contributed by atoms with Gasteiger partial charge in [-0.05, 0) is 44.4 Å². The maximum atomic E-state index is 5.85. The fourth-order valence-electron chi connectivity index (χ4n) is 1.98. The predicted octanol–water partition coefficient (Wildman–Crippen LogP) is 2.44. The fraction of sp³-hybridized carbons (Fsp3) is 0.583. The van der Waals surface area contributed by atoms with Crippen molar-refractivity contribution >= 4 is 17.4 Å². The van der Waals surface area contributed by atoms with Crippen LogP contribution in [0.3, 0.4) is 0 Å². The van der Waals surface area contributed by atoms with Gasteiger partial charge in [0.25, 0.3) is 0 Å². The molecule has 0 bridgehead atoms. The van der Waals surface area contributed by atoms with Gasteiger partial charge in [-0.15, -0.1) is 0 Å². The molecule has 1 aliphatic rings. The Bertz CT molecular complexity index is 322. The van der Waals surface area contributed by atoms with Crippen LogP contribution in [0.25, 0.3) is 0 Å². The van der Waals surface area contributed by atoms with Crippen molar-refractivity contribution in [2.24, 2.45) is 5.73 Å². The van der Waals surface area contributed by atoms with E-state index >= 15 is 0 Å². The van der Waals surface area contributed by atoms with E-state index in [9.17, 15) is 0 Å². The number of hydrogen-bond acceptors (Lipinski definition) is 3. The van der Waals surface area contributed by atoms with Crippen molar-refractivity contribution in [3.63, 3.8) is 0 Å². The van der Waals surface area contributed by atoms with Gasteiger partial charge in [0.2, 0.25) is 0 Å². The molecule has 0 aliphatic heterocycles. The van der Waals surface area contributed by atoms with Crippen molar-refractivity contribution in [3.8, 4) is 0 Å². The SMILES string of the molecule is NCCCN(c1ccc(Cl)cn1)C1CCC1. The molecule has 4 heteroatoms. The largest absolute Gasteiger partial charge is 0.354 e. The van der Waals surface area contributed by atoms with Crippen LogP contribution in [-0.2, 0) is 0 Å². The quantitative estimate of drug-likeness (QED) is 0.858. The normalized spacial score (nSPS) is 15.9. The molecule has 0 spiro atoms. The Morgan fingerprint density at radius 2 is 2.25 bits per heavy atom. The van der Waals surface area contributed by atoms with E-state index in [-0.39, 0.29) is 0 Å². The van der Waals surface area contributed by atoms with Gasteiger partial charge < -0.3 is 10.6 Å². The van der Waals surface area contributed by atoms with Crippen molar-refractivity contribution in [1.29, 1.82) is 0 Å². The molecule has 1 saturated carbocycles. The van der Waals surface area contributed by atoms with Crippen molar-refractivity contribution < 1.29 is 0 Å². The summed E-state index contributed by atoms with van der Waals surface area (Å²) in [4.78, 5) is 6.76. The summed E-state index contributed by atoms with van der Waals surface area (Å²) in [5.41, 5.74) is 5.57. The van der Waals surface area contributed by atoms with Gasteiger partial charge in [0.1, 0.15) is 5.82 Å². The van der Waals surface area contributed by atoms with Crippen LogP contribution in [0.5, 0.6) is 0 Å². The Labute approximate surface area is 102 Å². The molecule has 2 N–H and O–H groups in total. The number of hydrogen-bond donors (Lipinski definition) is 1. The van der Waals surface area contributed by atoms with E-state index in [1.807, 2.05) is 12.1 Å². The zero-order valence-corrected chi connectivity index (χ0v) is 10.2. The van der Waals surface area contributed by atoms with Crippen molar-refractivity contribution in [1.82, 2.24) is 4.98 Å². The number of nitrogens with two attached hydrogens (primary N) is 1. The lowest BCUT2D eigenvalue weighted by Crippen LogP contribution is -2.41. The smallest absolute Gasteiger partial charge is 0.128 e. The molecule has 0 aromatic carbocycles. The molecular weight excluding hydrogens is 222 g/mol. The third kappa shape index (κ3) is 2.66. The molecule has 16 heavy (non-hydrogen) atoms. The molecule has 0 radical (unpaired) electrons. The van der Waals surface area contributed by atoms with Gasteiger partial charge >= 0.3 is 0 Å². The molecule has 1 aliphatic carbocycles. The van der Waals surface area contributed by atoms with Crippen molar-refractivity contribution in [3.05, 3.63) is 23.4 Å². The van der Waals surface area contributed by atoms with Gasteiger partial charge in [0, 0.05) is 18.8 Å². The van der Waals surface area contributed by atoms with Gasteiger partial charge in [-0.2, -0.15) is 0 Å². The molecule has 0 amide bonds. The van der Waals surface area contributed by atoms with Gasteiger partial charge in [0.15, 0.2) is 0 Å². The van der Waals surface area contributed by atoms with Crippen LogP contribution >= 0.6 is 11.6 Å². The van der Waals surface area contributed by atoms with Gasteiger partial charge in [-0.25, -0.2) is 4.98 Å². The maximum Gasteiger partial charge on any atom is 0.128 e. The van der Waals surface area contributed by atoms with Crippen molar-refractivity contribution in [2.75, 3.05) is 18.0 Å². The summed E-state index contributed by atoms with van der Waals surface area (Å²) in [5, 5.41) is 0.691. The first-order valence-electron chi connectivity index (χ1n) is 5.89. The maximum absolute atomic E-state index is 5.85. The standard InChI is InChI=1S/C12H18ClN3/c13-10-5-6-12(15-9-10)16(8-2-7-14)11-3-1-4-11/h5-6,9,11H,1-4,7-8,14H2. The van der Waals surface area contributed by atoms with Gasteiger partial charge in [0.05, 0.1) is 5.02 Å². The highest BCUT2D eigenvalue weighted by atomic mass is 35.5. The molecule has 1 heterocycles. The molecule has 1 aromatic rings. The highest BCUT2D eigenvalue weighted by molar-refractivity contribution is 6.30. The highest BCUT2D eigenvalue weighted by Gasteiger charge is 2.25. The number of nitrogens with zero attached hydrogens (tertiary/aromatic N) is 2. The lowest BCUT2D eigenvalue weighted by molar-refractivity contribution is 0.383. The molecule has 2 rings (SSSR count). The number of pyridine rings is 1. The number of anilines is 1. The fourth-order valence-corrected chi connectivity index (χ4v) is 2.09. The van der Waals surface area contributed by atoms with Crippen LogP contribution in [-0.4, -0.2) is 24.1 Å². The van der Waals surface area contributed by atoms with Crippen LogP contribution in [0, 0.1) is 0 Å². The molecule has 0 atom stereocenters. The second-order valence-corrected chi connectivity index (χ2v) is 4.69. The Morgan fingerprint density at radius 1 is 1.44 bits per heavy atom. The zero-order chi connectivity index (χ0) is 11.4. The molecule has 3 nitrogen and oxygen atoms in total. The Balaban J connectivity index is 2.07. The monoisotopic (exact) mass is 239 g/mol. The lowest BCUT2D eigenvalue weighted by Gasteiger charge is -2.38. The summed E-state index contributed by atoms with van der Waals surface area (Å²) in [6.07, 6.45) is 6.60. The minimum absolute atomic E-state index is 0.653. The Morgan fingerprint density at radius 3 is 2.75 bits per heavy atom. The minimum atomic E-state index is 0.653. The van der Waals surface area contributed by atoms with E-state index in [4.69, 9.17) is 17.3 Å². The van der Waals surface area contributed by atoms with Gasteiger partial charge in [-0.1, -0.05) is 11.6 Å². The third-order valence-corrected chi connectivity index (χ3v) is 3.35. The number of rotatable bonds is 5. The second kappa shape index (κ2) is 5.51. The zero-order valence-electron chi connectivity index (χ0n) is 9.40. The summed E-state index contributed by atoms with van der Waals surface area (Å²) < 4.78 is 0.